The topological polar surface area (TPSA) is 241 Å². The minimum Gasteiger partial charge on any atom is -0.477 e. The van der Waals surface area contributed by atoms with Crippen LogP contribution >= 0.6 is 0 Å². The molecule has 4 saturated heterocycles. The molecule has 6 rings (SSSR count). The third kappa shape index (κ3) is 15.8. The first-order valence-electron chi connectivity index (χ1n) is 29.9. The minimum absolute atomic E-state index is 0.0846. The molecule has 0 unspecified atom stereocenters. The molecule has 82 heavy (non-hydrogen) atoms. The molecule has 0 bridgehead atoms. The highest BCUT2D eigenvalue weighted by atomic mass is 16.7. The van der Waals surface area contributed by atoms with Gasteiger partial charge < -0.3 is 82.5 Å². The van der Waals surface area contributed by atoms with Crippen LogP contribution in [0.1, 0.15) is 131 Å². The first kappa shape index (κ1) is 67.4. The number of hydrogen-bond acceptors (Lipinski definition) is 19. The number of methoxy groups -OCH3 is 2. The zero-order valence-corrected chi connectivity index (χ0v) is 52.0. The van der Waals surface area contributed by atoms with E-state index in [-0.39, 0.29) is 55.4 Å². The lowest BCUT2D eigenvalue weighted by Crippen LogP contribution is -2.61. The zero-order valence-electron chi connectivity index (χ0n) is 52.0. The van der Waals surface area contributed by atoms with Crippen LogP contribution in [0, 0.1) is 17.8 Å². The van der Waals surface area contributed by atoms with Gasteiger partial charge in [-0.1, -0.05) is 26.8 Å². The Labute approximate surface area is 486 Å². The average molecular weight is 1160 g/mol. The number of nitrogens with zero attached hydrogens (tertiary/aromatic N) is 5. The molecule has 1 aromatic heterocycles. The number of carboxylic acids is 1. The van der Waals surface area contributed by atoms with Gasteiger partial charge in [-0.25, -0.2) is 4.79 Å². The smallest absolute Gasteiger partial charge is 0.341 e. The Bertz CT molecular complexity index is 2490. The molecule has 0 amide bonds. The van der Waals surface area contributed by atoms with Crippen LogP contribution in [0.25, 0.3) is 10.9 Å². The van der Waals surface area contributed by atoms with Gasteiger partial charge in [0.05, 0.1) is 47.9 Å². The largest absolute Gasteiger partial charge is 0.477 e. The Kier molecular flexibility index (Phi) is 23.6. The summed E-state index contributed by atoms with van der Waals surface area (Å²) in [5.74, 6) is -4.28. The number of carbonyl (C=O) groups is 3. The number of esters is 2. The Hall–Kier alpha value is -3.68. The first-order chi connectivity index (χ1) is 38.5. The second-order valence-corrected chi connectivity index (χ2v) is 25.2. The van der Waals surface area contributed by atoms with Crippen LogP contribution in [0.2, 0.25) is 0 Å². The van der Waals surface area contributed by atoms with Gasteiger partial charge in [0.25, 0.3) is 0 Å². The van der Waals surface area contributed by atoms with Crippen molar-refractivity contribution in [3.63, 3.8) is 0 Å². The van der Waals surface area contributed by atoms with E-state index < -0.39 is 107 Å². The van der Waals surface area contributed by atoms with Crippen LogP contribution in [0.4, 0.5) is 0 Å². The standard InChI is InChI=1S/C61H101N5O16/c1-17-47-61(11,74)54(75-15)40(7)63(14)34-36(3)32-59(9,73)53(82-58-51(69)46(62(12)13)30-37(4)77-58)38(5)52(39(6)57(72)79-47)81-49-33-60(10,76-16)55(41(8)78-49)80-48(67)23-25-65-28-26-64(27-29-65)24-19-20-42-21-22-45-43(31-42)50(68)44(56(70)71)35-66(45)18-2/h21-22,31,35-41,46-47,49,51-55,58,69,73-74H,17-20,23-30,32-34H2,1-16H3,(H,70,71)/t36-,37-,38+,39-,40-,41+,46+,47-,49+,51-,52+,53-,54-,55+,58+,59-,60-,61-/m1/s1. The number of hydrogen-bond donors (Lipinski definition) is 4. The van der Waals surface area contributed by atoms with Crippen LogP contribution in [-0.4, -0.2) is 234 Å². The van der Waals surface area contributed by atoms with Crippen molar-refractivity contribution in [3.05, 3.63) is 45.7 Å². The van der Waals surface area contributed by atoms with Gasteiger partial charge in [-0.05, 0) is 139 Å². The van der Waals surface area contributed by atoms with E-state index in [1.54, 1.807) is 39.4 Å². The van der Waals surface area contributed by atoms with E-state index in [2.05, 4.69) is 14.7 Å². The number of aryl methyl sites for hydroxylation is 2. The summed E-state index contributed by atoms with van der Waals surface area (Å²) in [5, 5.41) is 47.0. The van der Waals surface area contributed by atoms with E-state index in [0.29, 0.717) is 31.4 Å². The van der Waals surface area contributed by atoms with Gasteiger partial charge in [-0.2, -0.15) is 0 Å². The molecular weight excluding hydrogens is 1060 g/mol. The number of carboxylic acid groups (broad SMARTS) is 1. The number of benzene rings is 1. The molecule has 1 aromatic carbocycles. The molecule has 21 heteroatoms. The summed E-state index contributed by atoms with van der Waals surface area (Å²) < 4.78 is 53.3. The van der Waals surface area contributed by atoms with Crippen molar-refractivity contribution in [3.8, 4) is 0 Å². The lowest BCUT2D eigenvalue weighted by Gasteiger charge is -2.49. The first-order valence-corrected chi connectivity index (χ1v) is 29.9. The van der Waals surface area contributed by atoms with Crippen molar-refractivity contribution < 1.29 is 72.7 Å². The number of piperazine rings is 1. The number of aromatic nitrogens is 1. The van der Waals surface area contributed by atoms with Crippen LogP contribution in [0.15, 0.2) is 29.2 Å². The molecule has 0 spiro atoms. The van der Waals surface area contributed by atoms with Crippen molar-refractivity contribution in [2.24, 2.45) is 17.8 Å². The highest BCUT2D eigenvalue weighted by Crippen LogP contribution is 2.41. The highest BCUT2D eigenvalue weighted by molar-refractivity contribution is 5.92. The summed E-state index contributed by atoms with van der Waals surface area (Å²) >= 11 is 0. The fraction of sp³-hybridized carbons (Fsp3) is 0.803. The molecule has 5 heterocycles. The summed E-state index contributed by atoms with van der Waals surface area (Å²) in [5.41, 5.74) is -3.33. The molecule has 0 saturated carbocycles. The number of carbonyl (C=O) groups excluding carboxylic acids is 2. The minimum atomic E-state index is -1.63. The number of cyclic esters (lactones) is 1. The molecule has 4 fully saturated rings. The van der Waals surface area contributed by atoms with Crippen LogP contribution in [0.3, 0.4) is 0 Å². The van der Waals surface area contributed by atoms with E-state index >= 15 is 0 Å². The van der Waals surface area contributed by atoms with E-state index in [9.17, 15) is 39.6 Å². The number of likely N-dealkylation sites (N-methyl/N-ethyl adjacent to an activating group) is 2. The molecular formula is C61H101N5O16. The van der Waals surface area contributed by atoms with Gasteiger partial charge in [0, 0.05) is 96.0 Å². The molecule has 2 aromatic rings. The predicted molar refractivity (Wildman–Crippen MR) is 310 cm³/mol. The average Bonchev–Trinajstić information content (AvgIpc) is 3.58. The van der Waals surface area contributed by atoms with Crippen molar-refractivity contribution in [1.82, 2.24) is 24.2 Å². The Morgan fingerprint density at radius 2 is 1.54 bits per heavy atom. The number of aliphatic hydroxyl groups excluding tert-OH is 1. The van der Waals surface area contributed by atoms with Gasteiger partial charge in [0.2, 0.25) is 5.43 Å². The second kappa shape index (κ2) is 28.7. The number of aromatic carboxylic acids is 1. The van der Waals surface area contributed by atoms with Crippen molar-refractivity contribution in [2.75, 3.05) is 81.2 Å². The van der Waals surface area contributed by atoms with E-state index in [1.807, 2.05) is 92.7 Å². The normalized spacial score (nSPS) is 37.3. The number of fused-ring (bicyclic) bond motifs is 1. The summed E-state index contributed by atoms with van der Waals surface area (Å²) in [6.45, 7) is 25.7. The summed E-state index contributed by atoms with van der Waals surface area (Å²) in [7, 11) is 8.80. The molecule has 466 valence electrons. The van der Waals surface area contributed by atoms with Gasteiger partial charge in [-0.15, -0.1) is 0 Å². The maximum Gasteiger partial charge on any atom is 0.341 e. The molecule has 0 radical (unpaired) electrons. The van der Waals surface area contributed by atoms with E-state index in [1.165, 1.54) is 13.3 Å². The number of ether oxygens (including phenoxy) is 8. The Morgan fingerprint density at radius 3 is 2.13 bits per heavy atom. The maximum absolute atomic E-state index is 14.8. The van der Waals surface area contributed by atoms with Crippen molar-refractivity contribution in [2.45, 2.75) is 218 Å². The van der Waals surface area contributed by atoms with Crippen LogP contribution in [0.5, 0.6) is 0 Å². The molecule has 4 aliphatic heterocycles. The number of rotatable bonds is 18. The van der Waals surface area contributed by atoms with Gasteiger partial charge in [-0.3, -0.25) is 14.4 Å². The maximum atomic E-state index is 14.8. The van der Waals surface area contributed by atoms with Gasteiger partial charge >= 0.3 is 17.9 Å². The lowest BCUT2D eigenvalue weighted by atomic mass is 9.77. The summed E-state index contributed by atoms with van der Waals surface area (Å²) in [6, 6.07) is 5.08. The molecule has 18 atom stereocenters. The van der Waals surface area contributed by atoms with Gasteiger partial charge in [0.15, 0.2) is 18.7 Å². The fourth-order valence-corrected chi connectivity index (χ4v) is 13.6. The fourth-order valence-electron chi connectivity index (χ4n) is 13.6. The molecule has 21 nitrogen and oxygen atoms in total. The number of pyridine rings is 1. The monoisotopic (exact) mass is 1160 g/mol. The van der Waals surface area contributed by atoms with E-state index in [4.69, 9.17) is 37.9 Å². The third-order valence-electron chi connectivity index (χ3n) is 18.4. The second-order valence-electron chi connectivity index (χ2n) is 25.2. The lowest BCUT2D eigenvalue weighted by molar-refractivity contribution is -0.318. The summed E-state index contributed by atoms with van der Waals surface area (Å²) in [6.07, 6.45) is -4.74. The Balaban J connectivity index is 1.14. The van der Waals surface area contributed by atoms with Crippen molar-refractivity contribution in [1.29, 1.82) is 0 Å². The van der Waals surface area contributed by atoms with Crippen LogP contribution in [-0.2, 0) is 60.4 Å². The van der Waals surface area contributed by atoms with E-state index in [0.717, 1.165) is 56.6 Å². The van der Waals surface area contributed by atoms with Crippen molar-refractivity contribution >= 4 is 28.8 Å². The van der Waals surface area contributed by atoms with Gasteiger partial charge in [0.1, 0.15) is 35.1 Å². The summed E-state index contributed by atoms with van der Waals surface area (Å²) in [4.78, 5) is 62.0. The predicted octanol–water partition coefficient (Wildman–Crippen LogP) is 4.78. The quantitative estimate of drug-likeness (QED) is 0.147. The molecule has 0 aliphatic carbocycles. The zero-order chi connectivity index (χ0) is 60.8. The Morgan fingerprint density at radius 1 is 0.878 bits per heavy atom. The number of aliphatic hydroxyl groups is 3. The highest BCUT2D eigenvalue weighted by Gasteiger charge is 2.54. The van der Waals surface area contributed by atoms with Crippen LogP contribution < -0.4 is 5.43 Å². The molecule has 4 N–H and O–H groups in total. The third-order valence-corrected chi connectivity index (χ3v) is 18.4. The SMILES string of the molecule is CC[C@H]1OC(=O)[C@H](C)[C@@H](O[C@H]2C[C@@](C)(OC)[C@@H](OC(=O)CCN3CCN(CCCc4ccc5c(c4)c(=O)c(C(=O)O)cn5CC)CC3)[C@H](C)O2)[C@H](C)[C@@H](O[C@@H]2O[C@H](C)C[C@H](N(C)C)[C@H]2O)[C@](C)(O)C[C@@H](C)CN(C)[C@H](C)[C@@H](OC)[C@]1(C)O. The molecule has 4 aliphatic rings.